The number of nitrogens with zero attached hydrogens (tertiary/aromatic N) is 1. The van der Waals surface area contributed by atoms with Gasteiger partial charge in [-0.1, -0.05) is 115 Å². The fourth-order valence-electron chi connectivity index (χ4n) is 5.47. The first kappa shape index (κ1) is 21.0. The molecule has 7 aromatic rings. The highest BCUT2D eigenvalue weighted by Gasteiger charge is 2.15. The number of halogens is 1. The first-order chi connectivity index (χ1) is 17.8. The fourth-order valence-corrected chi connectivity index (χ4v) is 5.75. The van der Waals surface area contributed by atoms with Gasteiger partial charge >= 0.3 is 0 Å². The maximum Gasteiger partial charge on any atom is 0.0556 e. The Kier molecular flexibility index (Phi) is 4.90. The normalized spacial score (nSPS) is 11.5. The molecule has 0 saturated carbocycles. The molecule has 170 valence electrons. The van der Waals surface area contributed by atoms with E-state index in [2.05, 4.69) is 126 Å². The highest BCUT2D eigenvalue weighted by molar-refractivity contribution is 6.38. The summed E-state index contributed by atoms with van der Waals surface area (Å²) in [6, 6.07) is 47.3. The van der Waals surface area contributed by atoms with Crippen molar-refractivity contribution in [3.05, 3.63) is 138 Å². The topological polar surface area (TPSA) is 4.93 Å². The number of hydrogen-bond donors (Lipinski definition) is 0. The molecule has 0 unspecified atom stereocenters. The number of aromatic nitrogens is 1. The second-order valence-corrected chi connectivity index (χ2v) is 9.51. The summed E-state index contributed by atoms with van der Waals surface area (Å²) in [5.74, 6) is 0. The van der Waals surface area contributed by atoms with Gasteiger partial charge in [-0.05, 0) is 63.4 Å². The Morgan fingerprint density at radius 2 is 1.06 bits per heavy atom. The zero-order chi connectivity index (χ0) is 24.1. The Bertz CT molecular complexity index is 1890. The molecule has 7 rings (SSSR count). The van der Waals surface area contributed by atoms with Crippen molar-refractivity contribution in [2.75, 3.05) is 0 Å². The van der Waals surface area contributed by atoms with Crippen molar-refractivity contribution in [1.82, 2.24) is 4.57 Å². The molecule has 0 bridgehead atoms. The SMILES string of the molecule is Clc1cccc2c1c1ccccc1n2-c1ccc(-c2ccccc2-c2cccc3ccccc23)cc1. The average Bonchev–Trinajstić information content (AvgIpc) is 3.28. The van der Waals surface area contributed by atoms with Crippen molar-refractivity contribution in [2.24, 2.45) is 0 Å². The zero-order valence-corrected chi connectivity index (χ0v) is 20.3. The van der Waals surface area contributed by atoms with Crippen LogP contribution in [-0.4, -0.2) is 4.57 Å². The van der Waals surface area contributed by atoms with Crippen LogP contribution in [0.5, 0.6) is 0 Å². The Labute approximate surface area is 214 Å². The molecule has 0 radical (unpaired) electrons. The van der Waals surface area contributed by atoms with Crippen molar-refractivity contribution >= 4 is 44.2 Å². The third-order valence-electron chi connectivity index (χ3n) is 7.09. The third kappa shape index (κ3) is 3.25. The Hall–Kier alpha value is -4.33. The van der Waals surface area contributed by atoms with Gasteiger partial charge in [-0.15, -0.1) is 0 Å². The molecular formula is C34H22ClN. The summed E-state index contributed by atoms with van der Waals surface area (Å²) < 4.78 is 2.30. The highest BCUT2D eigenvalue weighted by atomic mass is 35.5. The van der Waals surface area contributed by atoms with Crippen molar-refractivity contribution in [1.29, 1.82) is 0 Å². The lowest BCUT2D eigenvalue weighted by Crippen LogP contribution is -1.94. The quantitative estimate of drug-likeness (QED) is 0.237. The molecule has 1 nitrogen and oxygen atoms in total. The molecule has 0 aliphatic rings. The van der Waals surface area contributed by atoms with Gasteiger partial charge in [-0.2, -0.15) is 0 Å². The predicted molar refractivity (Wildman–Crippen MR) is 154 cm³/mol. The maximum atomic E-state index is 6.65. The number of fused-ring (bicyclic) bond motifs is 4. The van der Waals surface area contributed by atoms with Crippen molar-refractivity contribution < 1.29 is 0 Å². The van der Waals surface area contributed by atoms with Crippen LogP contribution in [0.15, 0.2) is 133 Å². The lowest BCUT2D eigenvalue weighted by atomic mass is 9.91. The van der Waals surface area contributed by atoms with Crippen LogP contribution in [0.2, 0.25) is 5.02 Å². The van der Waals surface area contributed by atoms with Gasteiger partial charge in [0.2, 0.25) is 0 Å². The molecule has 0 spiro atoms. The minimum absolute atomic E-state index is 0.781. The van der Waals surface area contributed by atoms with Crippen molar-refractivity contribution in [3.8, 4) is 27.9 Å². The molecule has 1 heterocycles. The number of benzene rings is 6. The van der Waals surface area contributed by atoms with E-state index in [0.29, 0.717) is 0 Å². The molecule has 36 heavy (non-hydrogen) atoms. The van der Waals surface area contributed by atoms with E-state index in [1.165, 1.54) is 38.4 Å². The number of rotatable bonds is 3. The Morgan fingerprint density at radius 1 is 0.444 bits per heavy atom. The van der Waals surface area contributed by atoms with Crippen LogP contribution < -0.4 is 0 Å². The van der Waals surface area contributed by atoms with Gasteiger partial charge < -0.3 is 4.57 Å². The average molecular weight is 480 g/mol. The van der Waals surface area contributed by atoms with E-state index in [-0.39, 0.29) is 0 Å². The minimum atomic E-state index is 0.781. The van der Waals surface area contributed by atoms with Crippen LogP contribution in [-0.2, 0) is 0 Å². The van der Waals surface area contributed by atoms with Gasteiger partial charge in [0.15, 0.2) is 0 Å². The van der Waals surface area contributed by atoms with E-state index in [1.807, 2.05) is 12.1 Å². The van der Waals surface area contributed by atoms with E-state index in [4.69, 9.17) is 11.6 Å². The van der Waals surface area contributed by atoms with E-state index < -0.39 is 0 Å². The molecule has 0 N–H and O–H groups in total. The zero-order valence-electron chi connectivity index (χ0n) is 19.5. The lowest BCUT2D eigenvalue weighted by Gasteiger charge is -2.14. The largest absolute Gasteiger partial charge is 0.309 e. The summed E-state index contributed by atoms with van der Waals surface area (Å²) in [5.41, 5.74) is 8.31. The van der Waals surface area contributed by atoms with Crippen LogP contribution in [0.25, 0.3) is 60.5 Å². The third-order valence-corrected chi connectivity index (χ3v) is 7.41. The fraction of sp³-hybridized carbons (Fsp3) is 0. The molecule has 6 aromatic carbocycles. The standard InChI is InChI=1S/C34H22ClN/c35-31-16-8-18-33-34(31)30-14-5-6-17-32(30)36(33)25-21-19-24(20-22-25)27-12-3-4-13-28(27)29-15-7-10-23-9-1-2-11-26(23)29/h1-22H. The Balaban J connectivity index is 1.39. The molecule has 0 aliphatic heterocycles. The summed E-state index contributed by atoms with van der Waals surface area (Å²) in [6.07, 6.45) is 0. The van der Waals surface area contributed by atoms with E-state index >= 15 is 0 Å². The number of hydrogen-bond acceptors (Lipinski definition) is 0. The monoisotopic (exact) mass is 479 g/mol. The van der Waals surface area contributed by atoms with Gasteiger partial charge in [0.1, 0.15) is 0 Å². The molecule has 0 aliphatic carbocycles. The van der Waals surface area contributed by atoms with Crippen molar-refractivity contribution in [3.63, 3.8) is 0 Å². The summed E-state index contributed by atoms with van der Waals surface area (Å²) in [6.45, 7) is 0. The van der Waals surface area contributed by atoms with Crippen LogP contribution in [0.3, 0.4) is 0 Å². The molecule has 1 aromatic heterocycles. The van der Waals surface area contributed by atoms with Gasteiger partial charge in [-0.3, -0.25) is 0 Å². The summed E-state index contributed by atoms with van der Waals surface area (Å²) in [4.78, 5) is 0. The van der Waals surface area contributed by atoms with Gasteiger partial charge in [-0.25, -0.2) is 0 Å². The smallest absolute Gasteiger partial charge is 0.0556 e. The molecule has 2 heteroatoms. The van der Waals surface area contributed by atoms with Gasteiger partial charge in [0.25, 0.3) is 0 Å². The maximum absolute atomic E-state index is 6.65. The first-order valence-corrected chi connectivity index (χ1v) is 12.5. The lowest BCUT2D eigenvalue weighted by molar-refractivity contribution is 1.18. The van der Waals surface area contributed by atoms with Crippen LogP contribution in [0.4, 0.5) is 0 Å². The predicted octanol–water partition coefficient (Wildman–Crippen LogP) is 9.92. The van der Waals surface area contributed by atoms with Crippen molar-refractivity contribution in [2.45, 2.75) is 0 Å². The first-order valence-electron chi connectivity index (χ1n) is 12.2. The molecule has 0 fully saturated rings. The second-order valence-electron chi connectivity index (χ2n) is 9.11. The Morgan fingerprint density at radius 3 is 1.92 bits per heavy atom. The van der Waals surface area contributed by atoms with E-state index in [1.54, 1.807) is 0 Å². The highest BCUT2D eigenvalue weighted by Crippen LogP contribution is 2.38. The molecular weight excluding hydrogens is 458 g/mol. The number of para-hydroxylation sites is 1. The van der Waals surface area contributed by atoms with E-state index in [9.17, 15) is 0 Å². The summed E-state index contributed by atoms with van der Waals surface area (Å²) in [7, 11) is 0. The van der Waals surface area contributed by atoms with Gasteiger partial charge in [0, 0.05) is 16.5 Å². The molecule has 0 saturated heterocycles. The second kappa shape index (κ2) is 8.41. The minimum Gasteiger partial charge on any atom is -0.309 e. The molecule has 0 atom stereocenters. The van der Waals surface area contributed by atoms with Gasteiger partial charge in [0.05, 0.1) is 16.1 Å². The molecule has 0 amide bonds. The summed E-state index contributed by atoms with van der Waals surface area (Å²) >= 11 is 6.65. The van der Waals surface area contributed by atoms with E-state index in [0.717, 1.165) is 27.1 Å². The van der Waals surface area contributed by atoms with Crippen LogP contribution in [0, 0.1) is 0 Å². The summed E-state index contributed by atoms with van der Waals surface area (Å²) in [5, 5.41) is 5.57. The van der Waals surface area contributed by atoms with Crippen LogP contribution >= 0.6 is 11.6 Å². The van der Waals surface area contributed by atoms with Crippen LogP contribution in [0.1, 0.15) is 0 Å².